The Bertz CT molecular complexity index is 1350. The second kappa shape index (κ2) is 9.40. The van der Waals surface area contributed by atoms with Gasteiger partial charge in [0.05, 0.1) is 29.6 Å². The van der Waals surface area contributed by atoms with Crippen molar-refractivity contribution in [2.24, 2.45) is 0 Å². The molecule has 2 atom stereocenters. The number of nitrogens with zero attached hydrogens (tertiary/aromatic N) is 5. The van der Waals surface area contributed by atoms with E-state index < -0.39 is 0 Å². The van der Waals surface area contributed by atoms with Gasteiger partial charge in [-0.05, 0) is 50.8 Å². The van der Waals surface area contributed by atoms with Crippen molar-refractivity contribution < 1.29 is 9.53 Å². The zero-order valence-electron chi connectivity index (χ0n) is 19.5. The van der Waals surface area contributed by atoms with Gasteiger partial charge in [-0.25, -0.2) is 9.67 Å². The van der Waals surface area contributed by atoms with Crippen molar-refractivity contribution in [3.05, 3.63) is 47.2 Å². The molecule has 4 aromatic rings. The van der Waals surface area contributed by atoms with Crippen molar-refractivity contribution in [3.8, 4) is 0 Å². The van der Waals surface area contributed by atoms with Crippen LogP contribution in [0.15, 0.2) is 36.8 Å². The molecule has 35 heavy (non-hydrogen) atoms. The number of nitrogens with one attached hydrogen (secondary N) is 3. The number of fused-ring (bicyclic) bond motifs is 1. The number of carbonyl (C=O) groups is 1. The number of ether oxygens (including phenoxy) is 1. The van der Waals surface area contributed by atoms with Gasteiger partial charge in [0.2, 0.25) is 0 Å². The average molecular weight is 493 g/mol. The molecule has 2 aliphatic heterocycles. The molecule has 11 heteroatoms. The second-order valence-corrected chi connectivity index (χ2v) is 10.1. The van der Waals surface area contributed by atoms with E-state index in [0.717, 1.165) is 73.4 Å². The molecule has 6 rings (SSSR count). The predicted molar refractivity (Wildman–Crippen MR) is 135 cm³/mol. The van der Waals surface area contributed by atoms with Crippen molar-refractivity contribution >= 4 is 44.8 Å². The van der Waals surface area contributed by atoms with Crippen LogP contribution < -0.4 is 16.0 Å². The molecular formula is C24H28N8O2S. The van der Waals surface area contributed by atoms with Gasteiger partial charge in [-0.2, -0.15) is 10.2 Å². The summed E-state index contributed by atoms with van der Waals surface area (Å²) in [5.74, 6) is 0.520. The fourth-order valence-corrected chi connectivity index (χ4v) is 5.46. The maximum atomic E-state index is 13.1. The van der Waals surface area contributed by atoms with E-state index >= 15 is 0 Å². The van der Waals surface area contributed by atoms with Crippen LogP contribution in [0.4, 0.5) is 16.6 Å². The van der Waals surface area contributed by atoms with Gasteiger partial charge in [0.15, 0.2) is 17.2 Å². The summed E-state index contributed by atoms with van der Waals surface area (Å²) in [6, 6.07) is 6.36. The minimum absolute atomic E-state index is 0.0592. The van der Waals surface area contributed by atoms with Crippen LogP contribution in [0, 0.1) is 6.92 Å². The molecule has 2 fully saturated rings. The normalized spacial score (nSPS) is 20.4. The van der Waals surface area contributed by atoms with Crippen molar-refractivity contribution in [1.29, 1.82) is 0 Å². The molecule has 2 aliphatic rings. The summed E-state index contributed by atoms with van der Waals surface area (Å²) in [6.07, 6.45) is 9.55. The highest BCUT2D eigenvalue weighted by Gasteiger charge is 2.22. The number of hydrogen-bond acceptors (Lipinski definition) is 8. The Hall–Kier alpha value is -3.28. The molecule has 0 spiro atoms. The zero-order valence-corrected chi connectivity index (χ0v) is 20.3. The van der Waals surface area contributed by atoms with E-state index in [-0.39, 0.29) is 12.1 Å². The highest BCUT2D eigenvalue weighted by Crippen LogP contribution is 2.32. The summed E-state index contributed by atoms with van der Waals surface area (Å²) in [5, 5.41) is 20.4. The largest absolute Gasteiger partial charge is 0.356 e. The van der Waals surface area contributed by atoms with Crippen LogP contribution in [0.25, 0.3) is 10.9 Å². The van der Waals surface area contributed by atoms with Crippen molar-refractivity contribution in [2.75, 3.05) is 30.3 Å². The number of amides is 1. The van der Waals surface area contributed by atoms with Crippen LogP contribution in [0.2, 0.25) is 0 Å². The van der Waals surface area contributed by atoms with Gasteiger partial charge in [0.1, 0.15) is 4.88 Å². The third-order valence-electron chi connectivity index (χ3n) is 6.64. The van der Waals surface area contributed by atoms with Crippen LogP contribution in [0.3, 0.4) is 0 Å². The van der Waals surface area contributed by atoms with Crippen molar-refractivity contribution in [3.63, 3.8) is 0 Å². The molecule has 1 amide bonds. The highest BCUT2D eigenvalue weighted by atomic mass is 32.1. The number of carbonyl (C=O) groups excluding carboxylic acids is 1. The number of anilines is 3. The highest BCUT2D eigenvalue weighted by molar-refractivity contribution is 7.17. The van der Waals surface area contributed by atoms with Gasteiger partial charge in [-0.3, -0.25) is 9.48 Å². The van der Waals surface area contributed by atoms with Gasteiger partial charge in [0, 0.05) is 30.8 Å². The molecule has 10 nitrogen and oxygen atoms in total. The van der Waals surface area contributed by atoms with E-state index in [1.807, 2.05) is 46.9 Å². The molecule has 1 aromatic carbocycles. The predicted octanol–water partition coefficient (Wildman–Crippen LogP) is 4.23. The molecule has 0 aliphatic carbocycles. The summed E-state index contributed by atoms with van der Waals surface area (Å²) < 4.78 is 9.83. The number of benzene rings is 1. The maximum absolute atomic E-state index is 13.1. The summed E-state index contributed by atoms with van der Waals surface area (Å²) in [7, 11) is 0. The lowest BCUT2D eigenvalue weighted by molar-refractivity contribution is -0.0366. The van der Waals surface area contributed by atoms with E-state index in [4.69, 9.17) is 4.74 Å². The van der Waals surface area contributed by atoms with E-state index in [1.54, 1.807) is 6.20 Å². The lowest BCUT2D eigenvalue weighted by Gasteiger charge is -2.23. The lowest BCUT2D eigenvalue weighted by atomic mass is 10.1. The van der Waals surface area contributed by atoms with Gasteiger partial charge in [-0.1, -0.05) is 17.4 Å². The van der Waals surface area contributed by atoms with Crippen LogP contribution in [-0.4, -0.2) is 50.1 Å². The minimum atomic E-state index is -0.199. The first kappa shape index (κ1) is 22.2. The smallest absolute Gasteiger partial charge is 0.267 e. The maximum Gasteiger partial charge on any atom is 0.267 e. The lowest BCUT2D eigenvalue weighted by Crippen LogP contribution is -2.19. The monoisotopic (exact) mass is 492 g/mol. The molecule has 0 radical (unpaired) electrons. The fourth-order valence-electron chi connectivity index (χ4n) is 4.74. The van der Waals surface area contributed by atoms with Crippen molar-refractivity contribution in [1.82, 2.24) is 29.9 Å². The van der Waals surface area contributed by atoms with E-state index in [9.17, 15) is 4.79 Å². The van der Waals surface area contributed by atoms with Gasteiger partial charge in [-0.15, -0.1) is 0 Å². The van der Waals surface area contributed by atoms with Crippen LogP contribution >= 0.6 is 11.3 Å². The second-order valence-electron chi connectivity index (χ2n) is 9.04. The molecular weight excluding hydrogens is 464 g/mol. The number of aryl methyl sites for hydroxylation is 1. The fraction of sp³-hybridized carbons (Fsp3) is 0.417. The Labute approximate surface area is 206 Å². The summed E-state index contributed by atoms with van der Waals surface area (Å²) in [4.78, 5) is 18.0. The first-order valence-electron chi connectivity index (χ1n) is 12.0. The molecule has 3 N–H and O–H groups in total. The standard InChI is InChI=1S/C24H28N8O2S/c1-15-5-6-18-17(13-27-32(18)21-4-2-3-11-34-21)22(15)29-23(33)19-14-26-24(35-19)28-20-8-10-31(30-20)16-7-9-25-12-16/h5-6,8,10,13-14,16,21,25H,2-4,7,9,11-12H2,1H3,(H,29,33)(H,26,28,30)/t16-,21?/m0/s1. The number of aromatic nitrogens is 5. The topological polar surface area (TPSA) is 111 Å². The van der Waals surface area contributed by atoms with E-state index in [2.05, 4.69) is 31.1 Å². The van der Waals surface area contributed by atoms with Gasteiger partial charge in [0.25, 0.3) is 5.91 Å². The Morgan fingerprint density at radius 3 is 3.00 bits per heavy atom. The Balaban J connectivity index is 1.18. The number of rotatable bonds is 6. The Morgan fingerprint density at radius 2 is 2.17 bits per heavy atom. The number of hydrogen-bond donors (Lipinski definition) is 3. The summed E-state index contributed by atoms with van der Waals surface area (Å²) in [5.41, 5.74) is 2.70. The first-order chi connectivity index (χ1) is 17.2. The zero-order chi connectivity index (χ0) is 23.8. The minimum Gasteiger partial charge on any atom is -0.356 e. The molecule has 182 valence electrons. The first-order valence-corrected chi connectivity index (χ1v) is 12.9. The molecule has 0 bridgehead atoms. The van der Waals surface area contributed by atoms with Crippen LogP contribution in [-0.2, 0) is 4.74 Å². The van der Waals surface area contributed by atoms with Gasteiger partial charge >= 0.3 is 0 Å². The Kier molecular flexibility index (Phi) is 5.96. The third kappa shape index (κ3) is 4.42. The van der Waals surface area contributed by atoms with E-state index in [1.165, 1.54) is 11.3 Å². The summed E-state index contributed by atoms with van der Waals surface area (Å²) in [6.45, 7) is 4.68. The summed E-state index contributed by atoms with van der Waals surface area (Å²) >= 11 is 1.30. The van der Waals surface area contributed by atoms with Gasteiger partial charge < -0.3 is 20.7 Å². The van der Waals surface area contributed by atoms with Crippen LogP contribution in [0.1, 0.15) is 53.2 Å². The molecule has 2 saturated heterocycles. The van der Waals surface area contributed by atoms with E-state index in [0.29, 0.717) is 16.1 Å². The molecule has 3 aromatic heterocycles. The number of thiazole rings is 1. The SMILES string of the molecule is Cc1ccc2c(cnn2C2CCCCO2)c1NC(=O)c1cnc(Nc2ccn([C@H]3CCNC3)n2)s1. The average Bonchev–Trinajstić information content (AvgIpc) is 3.68. The molecule has 0 saturated carbocycles. The quantitative estimate of drug-likeness (QED) is 0.369. The molecule has 5 heterocycles. The van der Waals surface area contributed by atoms with Crippen molar-refractivity contribution in [2.45, 2.75) is 44.9 Å². The van der Waals surface area contributed by atoms with Crippen LogP contribution in [0.5, 0.6) is 0 Å². The molecule has 1 unspecified atom stereocenters. The third-order valence-corrected chi connectivity index (χ3v) is 7.55. The Morgan fingerprint density at radius 1 is 1.23 bits per heavy atom.